The molecule has 102 valence electrons. The quantitative estimate of drug-likeness (QED) is 0.621. The van der Waals surface area contributed by atoms with Crippen LogP contribution in [0.5, 0.6) is 0 Å². The fraction of sp³-hybridized carbons (Fsp3) is 0.625. The van der Waals surface area contributed by atoms with Gasteiger partial charge in [0, 0.05) is 6.04 Å². The third kappa shape index (κ3) is 6.34. The molecule has 1 rings (SSSR count). The summed E-state index contributed by atoms with van der Waals surface area (Å²) < 4.78 is 0. The average molecular weight is 265 g/mol. The van der Waals surface area contributed by atoms with Crippen LogP contribution in [-0.2, 0) is 0 Å². The predicted molar refractivity (Wildman–Crippen MR) is 84.5 cm³/mol. The average Bonchev–Trinajstić information content (AvgIpc) is 2.35. The molecule has 0 heterocycles. The maximum atomic E-state index is 4.15. The molecule has 0 radical (unpaired) electrons. The molecule has 0 saturated heterocycles. The van der Waals surface area contributed by atoms with Crippen molar-refractivity contribution < 1.29 is 0 Å². The van der Waals surface area contributed by atoms with Crippen LogP contribution in [0, 0.1) is 0 Å². The van der Waals surface area contributed by atoms with E-state index in [1.54, 1.807) is 11.8 Å². The monoisotopic (exact) mass is 265 g/mol. The summed E-state index contributed by atoms with van der Waals surface area (Å²) in [5, 5.41) is 4.68. The van der Waals surface area contributed by atoms with Gasteiger partial charge in [0.05, 0.1) is 5.03 Å². The number of thioether (sulfide) groups is 1. The van der Waals surface area contributed by atoms with Crippen LogP contribution in [0.2, 0.25) is 0 Å². The Morgan fingerprint density at radius 1 is 1.22 bits per heavy atom. The van der Waals surface area contributed by atoms with E-state index in [1.165, 1.54) is 42.6 Å². The molecule has 2 heteroatoms. The molecule has 0 amide bonds. The number of hydrogen-bond acceptors (Lipinski definition) is 2. The third-order valence-electron chi connectivity index (χ3n) is 3.34. The minimum atomic E-state index is 0.651. The summed E-state index contributed by atoms with van der Waals surface area (Å²) in [5.41, 5.74) is 1.25. The van der Waals surface area contributed by atoms with E-state index in [1.807, 2.05) is 0 Å². The largest absolute Gasteiger partial charge is 0.377 e. The first-order valence-electron chi connectivity index (χ1n) is 7.04. The van der Waals surface area contributed by atoms with Crippen LogP contribution in [-0.4, -0.2) is 6.04 Å². The lowest BCUT2D eigenvalue weighted by Crippen LogP contribution is -2.29. The fourth-order valence-corrected chi connectivity index (χ4v) is 3.12. The van der Waals surface area contributed by atoms with Crippen molar-refractivity contribution in [1.29, 1.82) is 0 Å². The van der Waals surface area contributed by atoms with Crippen LogP contribution in [0.3, 0.4) is 0 Å². The van der Waals surface area contributed by atoms with E-state index >= 15 is 0 Å². The highest BCUT2D eigenvalue weighted by Gasteiger charge is 2.13. The van der Waals surface area contributed by atoms with Gasteiger partial charge in [-0.3, -0.25) is 0 Å². The van der Waals surface area contributed by atoms with Gasteiger partial charge in [-0.15, -0.1) is 6.58 Å². The molecule has 1 fully saturated rings. The van der Waals surface area contributed by atoms with Gasteiger partial charge in [0.15, 0.2) is 0 Å². The maximum absolute atomic E-state index is 4.15. The van der Waals surface area contributed by atoms with E-state index in [0.717, 1.165) is 17.9 Å². The first-order valence-corrected chi connectivity index (χ1v) is 7.86. The highest BCUT2D eigenvalue weighted by atomic mass is 32.2. The molecule has 1 nitrogen and oxygen atoms in total. The van der Waals surface area contributed by atoms with Gasteiger partial charge in [-0.1, -0.05) is 49.3 Å². The van der Waals surface area contributed by atoms with Crippen molar-refractivity contribution in [3.05, 3.63) is 34.7 Å². The second kappa shape index (κ2) is 8.47. The van der Waals surface area contributed by atoms with Crippen molar-refractivity contribution in [3.63, 3.8) is 0 Å². The van der Waals surface area contributed by atoms with Gasteiger partial charge < -0.3 is 5.32 Å². The standard InChI is InChI=1S/C16H27NS/c1-5-16(12-11-13(2)3)18-14(4)17-15-9-7-6-8-10-15/h5,15,17H,2,4,6-12H2,1,3H3/b16-5-. The van der Waals surface area contributed by atoms with Crippen LogP contribution in [0.1, 0.15) is 58.8 Å². The molecular weight excluding hydrogens is 238 g/mol. The number of nitrogens with one attached hydrogen (secondary N) is 1. The van der Waals surface area contributed by atoms with Crippen LogP contribution in [0.4, 0.5) is 0 Å². The summed E-state index contributed by atoms with van der Waals surface area (Å²) in [5.74, 6) is 0. The summed E-state index contributed by atoms with van der Waals surface area (Å²) >= 11 is 1.79. The molecule has 0 bridgehead atoms. The second-order valence-corrected chi connectivity index (χ2v) is 6.44. The lowest BCUT2D eigenvalue weighted by molar-refractivity contribution is 0.402. The Morgan fingerprint density at radius 2 is 1.89 bits per heavy atom. The molecule has 0 spiro atoms. The van der Waals surface area contributed by atoms with E-state index < -0.39 is 0 Å². The van der Waals surface area contributed by atoms with Gasteiger partial charge in [-0.2, -0.15) is 0 Å². The Morgan fingerprint density at radius 3 is 2.44 bits per heavy atom. The summed E-state index contributed by atoms with van der Waals surface area (Å²) in [6.07, 6.45) is 11.1. The van der Waals surface area contributed by atoms with Crippen molar-refractivity contribution in [2.24, 2.45) is 0 Å². The molecule has 0 unspecified atom stereocenters. The molecule has 1 saturated carbocycles. The highest BCUT2D eigenvalue weighted by molar-refractivity contribution is 8.06. The highest BCUT2D eigenvalue weighted by Crippen LogP contribution is 2.29. The van der Waals surface area contributed by atoms with E-state index in [0.29, 0.717) is 6.04 Å². The van der Waals surface area contributed by atoms with Crippen molar-refractivity contribution in [1.82, 2.24) is 5.32 Å². The zero-order valence-electron chi connectivity index (χ0n) is 11.9. The molecule has 1 N–H and O–H groups in total. The van der Waals surface area contributed by atoms with Crippen LogP contribution < -0.4 is 5.32 Å². The molecule has 1 aliphatic rings. The zero-order valence-corrected chi connectivity index (χ0v) is 12.7. The number of allylic oxidation sites excluding steroid dienone is 3. The predicted octanol–water partition coefficient (Wildman–Crippen LogP) is 5.37. The summed E-state index contributed by atoms with van der Waals surface area (Å²) in [7, 11) is 0. The molecular formula is C16H27NS. The van der Waals surface area contributed by atoms with Gasteiger partial charge in [0.2, 0.25) is 0 Å². The van der Waals surface area contributed by atoms with Crippen LogP contribution >= 0.6 is 11.8 Å². The van der Waals surface area contributed by atoms with Crippen LogP contribution in [0.15, 0.2) is 34.7 Å². The second-order valence-electron chi connectivity index (χ2n) is 5.22. The van der Waals surface area contributed by atoms with E-state index in [-0.39, 0.29) is 0 Å². The minimum Gasteiger partial charge on any atom is -0.377 e. The zero-order chi connectivity index (χ0) is 13.4. The van der Waals surface area contributed by atoms with E-state index in [9.17, 15) is 0 Å². The Labute approximate surface area is 117 Å². The number of hydrogen-bond donors (Lipinski definition) is 1. The molecule has 0 atom stereocenters. The Kier molecular flexibility index (Phi) is 7.26. The summed E-state index contributed by atoms with van der Waals surface area (Å²) in [6.45, 7) is 12.3. The van der Waals surface area contributed by atoms with E-state index in [4.69, 9.17) is 0 Å². The van der Waals surface area contributed by atoms with E-state index in [2.05, 4.69) is 38.4 Å². The minimum absolute atomic E-state index is 0.651. The molecule has 18 heavy (non-hydrogen) atoms. The van der Waals surface area contributed by atoms with Gasteiger partial charge in [-0.25, -0.2) is 0 Å². The molecule has 0 aromatic heterocycles. The summed E-state index contributed by atoms with van der Waals surface area (Å²) in [4.78, 5) is 1.39. The number of rotatable bonds is 7. The third-order valence-corrected chi connectivity index (χ3v) is 4.41. The summed E-state index contributed by atoms with van der Waals surface area (Å²) in [6, 6.07) is 0.651. The smallest absolute Gasteiger partial charge is 0.0655 e. The van der Waals surface area contributed by atoms with Gasteiger partial charge in [-0.05, 0) is 44.4 Å². The molecule has 1 aliphatic carbocycles. The van der Waals surface area contributed by atoms with Crippen molar-refractivity contribution in [3.8, 4) is 0 Å². The lowest BCUT2D eigenvalue weighted by atomic mass is 9.96. The van der Waals surface area contributed by atoms with Crippen LogP contribution in [0.25, 0.3) is 0 Å². The van der Waals surface area contributed by atoms with Crippen molar-refractivity contribution in [2.75, 3.05) is 0 Å². The van der Waals surface area contributed by atoms with Crippen molar-refractivity contribution in [2.45, 2.75) is 64.8 Å². The molecule has 0 aliphatic heterocycles. The van der Waals surface area contributed by atoms with Crippen molar-refractivity contribution >= 4 is 11.8 Å². The lowest BCUT2D eigenvalue weighted by Gasteiger charge is -2.24. The molecule has 0 aromatic carbocycles. The normalized spacial score (nSPS) is 17.6. The Hall–Kier alpha value is -0.630. The first kappa shape index (κ1) is 15.4. The van der Waals surface area contributed by atoms with Gasteiger partial charge in [0.1, 0.15) is 0 Å². The fourth-order valence-electron chi connectivity index (χ4n) is 2.25. The topological polar surface area (TPSA) is 12.0 Å². The maximum Gasteiger partial charge on any atom is 0.0655 e. The molecule has 0 aromatic rings. The van der Waals surface area contributed by atoms with Gasteiger partial charge >= 0.3 is 0 Å². The van der Waals surface area contributed by atoms with Gasteiger partial charge in [0.25, 0.3) is 0 Å². The Bertz CT molecular complexity index is 311. The SMILES string of the molecule is C=C(C)CC/C(=C/C)SC(=C)NC1CCCCC1. The first-order chi connectivity index (χ1) is 8.61. The Balaban J connectivity index is 2.30.